The SMILES string of the molecule is C=C(N[C@H]1CCCC[C@H]2CC[C@@H](C(=O)NCc3cccc(NC=O)c3)N2C1=O)[C@H](C)NC. The van der Waals surface area contributed by atoms with Crippen LogP contribution in [0.4, 0.5) is 5.69 Å². The number of nitrogens with zero attached hydrogens (tertiary/aromatic N) is 1. The highest BCUT2D eigenvalue weighted by Gasteiger charge is 2.43. The van der Waals surface area contributed by atoms with Crippen LogP contribution in [0.25, 0.3) is 0 Å². The number of anilines is 1. The topological polar surface area (TPSA) is 103 Å². The van der Waals surface area contributed by atoms with Crippen LogP contribution in [0, 0.1) is 0 Å². The summed E-state index contributed by atoms with van der Waals surface area (Å²) >= 11 is 0. The number of hydrogen-bond acceptors (Lipinski definition) is 5. The van der Waals surface area contributed by atoms with Crippen molar-refractivity contribution in [3.63, 3.8) is 0 Å². The largest absolute Gasteiger partial charge is 0.376 e. The van der Waals surface area contributed by atoms with Crippen molar-refractivity contribution in [3.8, 4) is 0 Å². The molecule has 8 nitrogen and oxygen atoms in total. The van der Waals surface area contributed by atoms with E-state index in [-0.39, 0.29) is 29.9 Å². The van der Waals surface area contributed by atoms with Gasteiger partial charge in [0.25, 0.3) is 0 Å². The summed E-state index contributed by atoms with van der Waals surface area (Å²) in [5, 5.41) is 12.1. The van der Waals surface area contributed by atoms with Crippen LogP contribution in [-0.2, 0) is 20.9 Å². The number of rotatable bonds is 9. The first-order chi connectivity index (χ1) is 15.4. The summed E-state index contributed by atoms with van der Waals surface area (Å²) in [7, 11) is 1.86. The Hall–Kier alpha value is -2.87. The maximum Gasteiger partial charge on any atom is 0.245 e. The van der Waals surface area contributed by atoms with Gasteiger partial charge in [-0.25, -0.2) is 0 Å². The van der Waals surface area contributed by atoms with Gasteiger partial charge in [-0.2, -0.15) is 0 Å². The molecule has 0 radical (unpaired) electrons. The fourth-order valence-corrected chi connectivity index (χ4v) is 4.59. The van der Waals surface area contributed by atoms with Gasteiger partial charge in [0.2, 0.25) is 18.2 Å². The quantitative estimate of drug-likeness (QED) is 0.438. The third-order valence-corrected chi connectivity index (χ3v) is 6.57. The van der Waals surface area contributed by atoms with E-state index in [0.717, 1.165) is 43.4 Å². The average molecular weight is 442 g/mol. The molecular weight excluding hydrogens is 406 g/mol. The second-order valence-corrected chi connectivity index (χ2v) is 8.69. The summed E-state index contributed by atoms with van der Waals surface area (Å²) in [5.74, 6) is -0.134. The number of carbonyl (C=O) groups excluding carboxylic acids is 3. The lowest BCUT2D eigenvalue weighted by molar-refractivity contribution is -0.142. The molecule has 8 heteroatoms. The van der Waals surface area contributed by atoms with Gasteiger partial charge in [-0.1, -0.05) is 31.6 Å². The second-order valence-electron chi connectivity index (χ2n) is 8.69. The zero-order valence-corrected chi connectivity index (χ0v) is 19.0. The highest BCUT2D eigenvalue weighted by Crippen LogP contribution is 2.31. The molecule has 0 unspecified atom stereocenters. The average Bonchev–Trinajstić information content (AvgIpc) is 3.21. The first-order valence-corrected chi connectivity index (χ1v) is 11.5. The van der Waals surface area contributed by atoms with Gasteiger partial charge in [-0.05, 0) is 57.4 Å². The minimum Gasteiger partial charge on any atom is -0.376 e. The van der Waals surface area contributed by atoms with Crippen molar-refractivity contribution in [3.05, 3.63) is 42.1 Å². The summed E-state index contributed by atoms with van der Waals surface area (Å²) in [6.45, 7) is 6.42. The fourth-order valence-electron chi connectivity index (χ4n) is 4.59. The molecule has 0 bridgehead atoms. The Kier molecular flexibility index (Phi) is 8.27. The van der Waals surface area contributed by atoms with Gasteiger partial charge in [-0.3, -0.25) is 14.4 Å². The fraction of sp³-hybridized carbons (Fsp3) is 0.542. The third-order valence-electron chi connectivity index (χ3n) is 6.57. The molecule has 2 aliphatic rings. The third kappa shape index (κ3) is 5.68. The molecule has 0 aliphatic carbocycles. The predicted octanol–water partition coefficient (Wildman–Crippen LogP) is 1.88. The van der Waals surface area contributed by atoms with Crippen molar-refractivity contribution in [1.82, 2.24) is 20.9 Å². The molecule has 174 valence electrons. The van der Waals surface area contributed by atoms with E-state index in [2.05, 4.69) is 27.8 Å². The van der Waals surface area contributed by atoms with Gasteiger partial charge in [-0.15, -0.1) is 0 Å². The Morgan fingerprint density at radius 1 is 1.25 bits per heavy atom. The molecule has 32 heavy (non-hydrogen) atoms. The molecule has 2 aliphatic heterocycles. The van der Waals surface area contributed by atoms with Gasteiger partial charge in [0.15, 0.2) is 0 Å². The lowest BCUT2D eigenvalue weighted by atomic mass is 9.98. The van der Waals surface area contributed by atoms with Crippen LogP contribution >= 0.6 is 0 Å². The molecule has 0 aromatic heterocycles. The monoisotopic (exact) mass is 441 g/mol. The molecule has 1 aromatic carbocycles. The Balaban J connectivity index is 1.68. The Morgan fingerprint density at radius 2 is 2.03 bits per heavy atom. The van der Waals surface area contributed by atoms with Crippen LogP contribution in [-0.4, -0.2) is 54.3 Å². The number of fused-ring (bicyclic) bond motifs is 1. The highest BCUT2D eigenvalue weighted by molar-refractivity contribution is 5.91. The zero-order chi connectivity index (χ0) is 23.1. The van der Waals surface area contributed by atoms with Gasteiger partial charge in [0, 0.05) is 30.0 Å². The molecule has 3 amide bonds. The zero-order valence-electron chi connectivity index (χ0n) is 19.0. The summed E-state index contributed by atoms with van der Waals surface area (Å²) in [6.07, 6.45) is 5.86. The van der Waals surface area contributed by atoms with Gasteiger partial charge < -0.3 is 26.2 Å². The van der Waals surface area contributed by atoms with E-state index in [9.17, 15) is 14.4 Å². The molecular formula is C24H35N5O3. The molecule has 0 spiro atoms. The normalized spacial score (nSPS) is 24.0. The summed E-state index contributed by atoms with van der Waals surface area (Å²) in [4.78, 5) is 39.1. The molecule has 4 atom stereocenters. The molecule has 2 heterocycles. The minimum absolute atomic E-state index is 0.00557. The summed E-state index contributed by atoms with van der Waals surface area (Å²) in [6, 6.07) is 6.67. The van der Waals surface area contributed by atoms with Crippen LogP contribution in [0.5, 0.6) is 0 Å². The van der Waals surface area contributed by atoms with Crippen molar-refractivity contribution in [2.75, 3.05) is 12.4 Å². The Morgan fingerprint density at radius 3 is 2.78 bits per heavy atom. The smallest absolute Gasteiger partial charge is 0.245 e. The van der Waals surface area contributed by atoms with E-state index in [1.54, 1.807) is 6.07 Å². The Bertz CT molecular complexity index is 843. The molecule has 2 saturated heterocycles. The van der Waals surface area contributed by atoms with Crippen molar-refractivity contribution >= 4 is 23.9 Å². The minimum atomic E-state index is -0.457. The van der Waals surface area contributed by atoms with E-state index in [1.165, 1.54) is 0 Å². The standard InChI is InChI=1S/C24H35N5O3/c1-16(25-3)17(2)28-21-10-5-4-9-20-11-12-22(29(20)24(21)32)23(31)26-14-18-7-6-8-19(13-18)27-15-30/h6-8,13,15-16,20-22,25,28H,2,4-5,9-12,14H2,1,3H3,(H,26,31)(H,27,30)/t16-,20-,21-,22-/m0/s1. The molecule has 2 fully saturated rings. The molecule has 4 N–H and O–H groups in total. The van der Waals surface area contributed by atoms with Gasteiger partial charge >= 0.3 is 0 Å². The molecule has 0 saturated carbocycles. The van der Waals surface area contributed by atoms with E-state index in [4.69, 9.17) is 0 Å². The number of hydrogen-bond donors (Lipinski definition) is 4. The maximum absolute atomic E-state index is 13.5. The van der Waals surface area contributed by atoms with Crippen molar-refractivity contribution in [2.45, 2.75) is 76.2 Å². The highest BCUT2D eigenvalue weighted by atomic mass is 16.2. The van der Waals surface area contributed by atoms with Crippen molar-refractivity contribution in [2.24, 2.45) is 0 Å². The summed E-state index contributed by atoms with van der Waals surface area (Å²) < 4.78 is 0. The van der Waals surface area contributed by atoms with E-state index in [1.807, 2.05) is 37.1 Å². The van der Waals surface area contributed by atoms with E-state index >= 15 is 0 Å². The van der Waals surface area contributed by atoms with Crippen LogP contribution in [0.15, 0.2) is 36.5 Å². The van der Waals surface area contributed by atoms with Crippen LogP contribution in [0.3, 0.4) is 0 Å². The van der Waals surface area contributed by atoms with Gasteiger partial charge in [0.1, 0.15) is 12.1 Å². The molecule has 1 aromatic rings. The lowest BCUT2D eigenvalue weighted by Gasteiger charge is -2.36. The van der Waals surface area contributed by atoms with Crippen molar-refractivity contribution in [1.29, 1.82) is 0 Å². The van der Waals surface area contributed by atoms with Gasteiger partial charge in [0.05, 0.1) is 0 Å². The van der Waals surface area contributed by atoms with Crippen molar-refractivity contribution < 1.29 is 14.4 Å². The Labute approximate surface area is 190 Å². The summed E-state index contributed by atoms with van der Waals surface area (Å²) in [5.41, 5.74) is 2.35. The number of likely N-dealkylation sites (N-methyl/N-ethyl adjacent to an activating group) is 1. The van der Waals surface area contributed by atoms with Crippen LogP contribution in [0.2, 0.25) is 0 Å². The predicted molar refractivity (Wildman–Crippen MR) is 125 cm³/mol. The van der Waals surface area contributed by atoms with E-state index < -0.39 is 6.04 Å². The second kappa shape index (κ2) is 11.1. The van der Waals surface area contributed by atoms with Crippen LogP contribution in [0.1, 0.15) is 51.0 Å². The van der Waals surface area contributed by atoms with Crippen LogP contribution < -0.4 is 21.3 Å². The lowest BCUT2D eigenvalue weighted by Crippen LogP contribution is -2.56. The maximum atomic E-state index is 13.5. The number of amides is 3. The van der Waals surface area contributed by atoms with E-state index in [0.29, 0.717) is 25.1 Å². The molecule has 3 rings (SSSR count). The first kappa shape index (κ1) is 23.8. The number of nitrogens with one attached hydrogen (secondary N) is 4. The number of benzene rings is 1. The number of carbonyl (C=O) groups is 3. The first-order valence-electron chi connectivity index (χ1n) is 11.5.